The Morgan fingerprint density at radius 2 is 1.65 bits per heavy atom. The summed E-state index contributed by atoms with van der Waals surface area (Å²) in [6.07, 6.45) is 0.665. The molecule has 0 aliphatic carbocycles. The Bertz CT molecular complexity index is 989. The number of esters is 1. The zero-order valence-corrected chi connectivity index (χ0v) is 18.6. The number of anilines is 1. The summed E-state index contributed by atoms with van der Waals surface area (Å²) in [5, 5.41) is 0.477. The van der Waals surface area contributed by atoms with Crippen LogP contribution in [-0.4, -0.2) is 36.6 Å². The van der Waals surface area contributed by atoms with E-state index in [1.807, 2.05) is 60.7 Å². The minimum atomic E-state index is -0.474. The highest BCUT2D eigenvalue weighted by Gasteiger charge is 2.24. The number of amides is 1. The van der Waals surface area contributed by atoms with Gasteiger partial charge in [0.15, 0.2) is 10.8 Å². The van der Waals surface area contributed by atoms with Crippen LogP contribution < -0.4 is 4.90 Å². The first kappa shape index (κ1) is 22.7. The van der Waals surface area contributed by atoms with E-state index in [0.717, 1.165) is 16.0 Å². The molecule has 7 heteroatoms. The summed E-state index contributed by atoms with van der Waals surface area (Å²) >= 11 is 1.31. The van der Waals surface area contributed by atoms with Gasteiger partial charge in [0.25, 0.3) is 5.91 Å². The molecule has 0 N–H and O–H groups in total. The standard InChI is InChI=1S/C24H26N2O4S/c1-3-30-23(28)22-18(2)31-24(25-22)26(15-14-19-10-6-4-7-11-19)21(27)17-29-16-20-12-8-5-9-13-20/h4-13H,3,14-17H2,1-2H3. The molecule has 1 heterocycles. The number of aryl methyl sites for hydroxylation is 1. The molecule has 0 fully saturated rings. The summed E-state index contributed by atoms with van der Waals surface area (Å²) in [5.41, 5.74) is 2.37. The number of hydrogen-bond donors (Lipinski definition) is 0. The average Bonchev–Trinajstić information content (AvgIpc) is 3.17. The van der Waals surface area contributed by atoms with Crippen molar-refractivity contribution in [2.45, 2.75) is 26.9 Å². The van der Waals surface area contributed by atoms with Crippen molar-refractivity contribution in [3.8, 4) is 0 Å². The summed E-state index contributed by atoms with van der Waals surface area (Å²) in [7, 11) is 0. The topological polar surface area (TPSA) is 68.7 Å². The van der Waals surface area contributed by atoms with Crippen LogP contribution in [0, 0.1) is 6.92 Å². The van der Waals surface area contributed by atoms with Crippen molar-refractivity contribution in [3.05, 3.63) is 82.4 Å². The molecule has 0 saturated carbocycles. The second-order valence-electron chi connectivity index (χ2n) is 6.88. The second kappa shape index (κ2) is 11.4. The van der Waals surface area contributed by atoms with Crippen molar-refractivity contribution in [1.82, 2.24) is 4.98 Å². The van der Waals surface area contributed by atoms with E-state index < -0.39 is 5.97 Å². The maximum atomic E-state index is 13.0. The minimum absolute atomic E-state index is 0.0724. The molecule has 0 aliphatic heterocycles. The molecule has 0 unspecified atom stereocenters. The van der Waals surface area contributed by atoms with Gasteiger partial charge in [0.1, 0.15) is 6.61 Å². The maximum absolute atomic E-state index is 13.0. The molecule has 162 valence electrons. The third-order valence-corrected chi connectivity index (χ3v) is 5.58. The lowest BCUT2D eigenvalue weighted by Crippen LogP contribution is -2.35. The molecule has 0 bridgehead atoms. The maximum Gasteiger partial charge on any atom is 0.358 e. The number of thiazole rings is 1. The molecule has 3 aromatic rings. The highest BCUT2D eigenvalue weighted by molar-refractivity contribution is 7.16. The molecule has 0 aliphatic rings. The fourth-order valence-corrected chi connectivity index (χ4v) is 3.95. The van der Waals surface area contributed by atoms with E-state index in [0.29, 0.717) is 24.7 Å². The van der Waals surface area contributed by atoms with Crippen LogP contribution in [0.2, 0.25) is 0 Å². The van der Waals surface area contributed by atoms with Crippen LogP contribution in [-0.2, 0) is 27.3 Å². The lowest BCUT2D eigenvalue weighted by molar-refractivity contribution is -0.123. The van der Waals surface area contributed by atoms with E-state index in [1.54, 1.807) is 18.7 Å². The number of rotatable bonds is 10. The smallest absolute Gasteiger partial charge is 0.358 e. The minimum Gasteiger partial charge on any atom is -0.461 e. The monoisotopic (exact) mass is 438 g/mol. The molecule has 0 spiro atoms. The molecule has 1 amide bonds. The summed E-state index contributed by atoms with van der Waals surface area (Å²) in [6, 6.07) is 19.6. The van der Waals surface area contributed by atoms with E-state index >= 15 is 0 Å². The first-order valence-corrected chi connectivity index (χ1v) is 11.0. The number of carbonyl (C=O) groups is 2. The Morgan fingerprint density at radius 3 is 2.29 bits per heavy atom. The molecular formula is C24H26N2O4S. The van der Waals surface area contributed by atoms with Gasteiger partial charge in [-0.2, -0.15) is 0 Å². The Kier molecular flexibility index (Phi) is 8.32. The van der Waals surface area contributed by atoms with Crippen LogP contribution in [0.5, 0.6) is 0 Å². The third kappa shape index (κ3) is 6.47. The van der Waals surface area contributed by atoms with E-state index in [-0.39, 0.29) is 24.8 Å². The number of hydrogen-bond acceptors (Lipinski definition) is 6. The molecule has 3 rings (SSSR count). The zero-order chi connectivity index (χ0) is 22.1. The molecule has 0 saturated heterocycles. The van der Waals surface area contributed by atoms with Crippen LogP contribution in [0.4, 0.5) is 5.13 Å². The van der Waals surface area contributed by atoms with Crippen molar-refractivity contribution < 1.29 is 19.1 Å². The van der Waals surface area contributed by atoms with Gasteiger partial charge in [-0.15, -0.1) is 11.3 Å². The Labute approximate surface area is 186 Å². The second-order valence-corrected chi connectivity index (χ2v) is 8.06. The molecule has 0 radical (unpaired) electrons. The molecule has 31 heavy (non-hydrogen) atoms. The van der Waals surface area contributed by atoms with Crippen molar-refractivity contribution in [3.63, 3.8) is 0 Å². The summed E-state index contributed by atoms with van der Waals surface area (Å²) in [6.45, 7) is 4.54. The first-order chi connectivity index (χ1) is 15.1. The Hall–Kier alpha value is -3.03. The normalized spacial score (nSPS) is 10.6. The van der Waals surface area contributed by atoms with Gasteiger partial charge in [-0.25, -0.2) is 9.78 Å². The predicted molar refractivity (Wildman–Crippen MR) is 121 cm³/mol. The first-order valence-electron chi connectivity index (χ1n) is 10.2. The van der Waals surface area contributed by atoms with E-state index in [9.17, 15) is 9.59 Å². The predicted octanol–water partition coefficient (Wildman–Crippen LogP) is 4.42. The van der Waals surface area contributed by atoms with Crippen LogP contribution >= 0.6 is 11.3 Å². The van der Waals surface area contributed by atoms with Crippen molar-refractivity contribution in [1.29, 1.82) is 0 Å². The fourth-order valence-electron chi connectivity index (χ4n) is 3.01. The lowest BCUT2D eigenvalue weighted by atomic mass is 10.1. The van der Waals surface area contributed by atoms with Gasteiger partial charge in [-0.3, -0.25) is 9.69 Å². The molecule has 2 aromatic carbocycles. The van der Waals surface area contributed by atoms with Crippen molar-refractivity contribution in [2.75, 3.05) is 24.7 Å². The van der Waals surface area contributed by atoms with Crippen LogP contribution in [0.15, 0.2) is 60.7 Å². The van der Waals surface area contributed by atoms with Crippen LogP contribution in [0.25, 0.3) is 0 Å². The van der Waals surface area contributed by atoms with Gasteiger partial charge in [0.2, 0.25) is 0 Å². The SMILES string of the molecule is CCOC(=O)c1nc(N(CCc2ccccc2)C(=O)COCc2ccccc2)sc1C. The van der Waals surface area contributed by atoms with E-state index in [4.69, 9.17) is 9.47 Å². The van der Waals surface area contributed by atoms with Gasteiger partial charge in [-0.05, 0) is 31.4 Å². The highest BCUT2D eigenvalue weighted by atomic mass is 32.1. The third-order valence-electron chi connectivity index (χ3n) is 4.59. The molecule has 0 atom stereocenters. The van der Waals surface area contributed by atoms with E-state index in [1.165, 1.54) is 11.3 Å². The average molecular weight is 439 g/mol. The summed E-state index contributed by atoms with van der Waals surface area (Å²) < 4.78 is 10.7. The quantitative estimate of drug-likeness (QED) is 0.438. The number of ether oxygens (including phenoxy) is 2. The number of benzene rings is 2. The van der Waals surface area contributed by atoms with Crippen LogP contribution in [0.1, 0.15) is 33.4 Å². The molecular weight excluding hydrogens is 412 g/mol. The molecule has 6 nitrogen and oxygen atoms in total. The highest BCUT2D eigenvalue weighted by Crippen LogP contribution is 2.27. The van der Waals surface area contributed by atoms with Gasteiger partial charge >= 0.3 is 5.97 Å². The Balaban J connectivity index is 1.73. The van der Waals surface area contributed by atoms with Crippen molar-refractivity contribution >= 4 is 28.3 Å². The van der Waals surface area contributed by atoms with Crippen molar-refractivity contribution in [2.24, 2.45) is 0 Å². The number of carbonyl (C=O) groups excluding carboxylic acids is 2. The summed E-state index contributed by atoms with van der Waals surface area (Å²) in [5.74, 6) is -0.672. The number of aromatic nitrogens is 1. The molecule has 1 aromatic heterocycles. The van der Waals surface area contributed by atoms with Crippen LogP contribution in [0.3, 0.4) is 0 Å². The fraction of sp³-hybridized carbons (Fsp3) is 0.292. The van der Waals surface area contributed by atoms with Gasteiger partial charge in [0.05, 0.1) is 13.2 Å². The summed E-state index contributed by atoms with van der Waals surface area (Å²) in [4.78, 5) is 31.9. The largest absolute Gasteiger partial charge is 0.461 e. The number of nitrogens with zero attached hydrogens (tertiary/aromatic N) is 2. The van der Waals surface area contributed by atoms with Gasteiger partial charge in [0, 0.05) is 11.4 Å². The van der Waals surface area contributed by atoms with Gasteiger partial charge in [-0.1, -0.05) is 60.7 Å². The van der Waals surface area contributed by atoms with E-state index in [2.05, 4.69) is 4.98 Å². The lowest BCUT2D eigenvalue weighted by Gasteiger charge is -2.20. The zero-order valence-electron chi connectivity index (χ0n) is 17.7. The Morgan fingerprint density at radius 1 is 1.00 bits per heavy atom. The van der Waals surface area contributed by atoms with Gasteiger partial charge < -0.3 is 9.47 Å².